The number of benzene rings is 1. The smallest absolute Gasteiger partial charge is 0.336 e. The van der Waals surface area contributed by atoms with Gasteiger partial charge in [0.2, 0.25) is 5.95 Å². The second-order valence-electron chi connectivity index (χ2n) is 8.91. The highest BCUT2D eigenvalue weighted by molar-refractivity contribution is 5.88. The molecule has 1 atom stereocenters. The van der Waals surface area contributed by atoms with Gasteiger partial charge >= 0.3 is 17.9 Å². The number of anilines is 1. The van der Waals surface area contributed by atoms with Crippen LogP contribution in [0.4, 0.5) is 5.95 Å². The van der Waals surface area contributed by atoms with Crippen LogP contribution in [0.2, 0.25) is 0 Å². The van der Waals surface area contributed by atoms with Gasteiger partial charge in [0.15, 0.2) is 5.60 Å². The first-order valence-electron chi connectivity index (χ1n) is 12.0. The number of nitrogens with zero attached hydrogens (tertiary/aromatic N) is 3. The number of nitrogen functional groups attached to an aromatic ring is 1. The average Bonchev–Trinajstić information content (AvgIpc) is 3.37. The van der Waals surface area contributed by atoms with Crippen LogP contribution >= 0.6 is 0 Å². The standard InChI is InChI=1S/C19H26N4O3.C6H8O7/c1-24-16-5-6-18(25-2)15(8-16)12-23(13-17-4-3-7-26-17)11-14-9-21-19(20)22-10-14;7-3(8)1-6(13,5(11)12)2-4(9)10/h5-6,8-10,17H,3-4,7,11-13H2,1-2H3,(H2,20,21,22);13H,1-2H2,(H,7,8)(H,9,10)(H,11,12). The predicted octanol–water partition coefficient (Wildman–Crippen LogP) is 1.01. The summed E-state index contributed by atoms with van der Waals surface area (Å²) in [6.07, 6.45) is 3.71. The topological polar surface area (TPSA) is 215 Å². The molecule has 0 spiro atoms. The molecule has 14 nitrogen and oxygen atoms in total. The van der Waals surface area contributed by atoms with Crippen molar-refractivity contribution >= 4 is 23.9 Å². The van der Waals surface area contributed by atoms with Gasteiger partial charge in [-0.05, 0) is 31.0 Å². The molecule has 1 aromatic heterocycles. The van der Waals surface area contributed by atoms with E-state index in [1.165, 1.54) is 0 Å². The number of carboxylic acids is 3. The van der Waals surface area contributed by atoms with Crippen LogP contribution in [0.15, 0.2) is 30.6 Å². The van der Waals surface area contributed by atoms with E-state index < -0.39 is 36.4 Å². The normalized spacial score (nSPS) is 14.8. The van der Waals surface area contributed by atoms with Crippen molar-refractivity contribution in [3.8, 4) is 11.5 Å². The van der Waals surface area contributed by atoms with Crippen LogP contribution in [0.3, 0.4) is 0 Å². The zero-order valence-electron chi connectivity index (χ0n) is 21.8. The minimum Gasteiger partial charge on any atom is -0.497 e. The van der Waals surface area contributed by atoms with Crippen molar-refractivity contribution in [2.75, 3.05) is 33.1 Å². The molecule has 1 unspecified atom stereocenters. The molecule has 6 N–H and O–H groups in total. The summed E-state index contributed by atoms with van der Waals surface area (Å²) in [6.45, 7) is 3.10. The Morgan fingerprint density at radius 3 is 2.21 bits per heavy atom. The zero-order chi connectivity index (χ0) is 29.0. The first-order chi connectivity index (χ1) is 18.4. The molecule has 1 fully saturated rings. The fourth-order valence-electron chi connectivity index (χ4n) is 3.93. The van der Waals surface area contributed by atoms with Crippen LogP contribution in [-0.4, -0.2) is 92.3 Å². The summed E-state index contributed by atoms with van der Waals surface area (Å²) in [6, 6.07) is 5.85. The number of aromatic nitrogens is 2. The molecule has 0 radical (unpaired) electrons. The number of nitrogens with two attached hydrogens (primary N) is 1. The second kappa shape index (κ2) is 14.8. The summed E-state index contributed by atoms with van der Waals surface area (Å²) >= 11 is 0. The maximum absolute atomic E-state index is 10.3. The fraction of sp³-hybridized carbons (Fsp3) is 0.480. The van der Waals surface area contributed by atoms with Crippen LogP contribution < -0.4 is 15.2 Å². The quantitative estimate of drug-likeness (QED) is 0.235. The number of hydrogen-bond donors (Lipinski definition) is 5. The fourth-order valence-corrected chi connectivity index (χ4v) is 3.93. The average molecular weight is 551 g/mol. The van der Waals surface area contributed by atoms with E-state index in [9.17, 15) is 14.4 Å². The van der Waals surface area contributed by atoms with Gasteiger partial charge in [-0.1, -0.05) is 0 Å². The maximum atomic E-state index is 10.3. The lowest BCUT2D eigenvalue weighted by Crippen LogP contribution is -2.42. The van der Waals surface area contributed by atoms with Crippen LogP contribution in [0.5, 0.6) is 11.5 Å². The molecule has 0 aliphatic carbocycles. The molecule has 1 saturated heterocycles. The van der Waals surface area contributed by atoms with Crippen LogP contribution in [-0.2, 0) is 32.2 Å². The Bertz CT molecular complexity index is 1090. The number of aliphatic carboxylic acids is 3. The number of hydrogen-bond acceptors (Lipinski definition) is 11. The summed E-state index contributed by atoms with van der Waals surface area (Å²) in [5.41, 5.74) is 4.94. The van der Waals surface area contributed by atoms with Gasteiger partial charge < -0.3 is 40.4 Å². The van der Waals surface area contributed by atoms with Crippen molar-refractivity contribution in [3.05, 3.63) is 41.7 Å². The third kappa shape index (κ3) is 10.3. The Labute approximate surface area is 225 Å². The Balaban J connectivity index is 0.000000349. The lowest BCUT2D eigenvalue weighted by Gasteiger charge is -2.26. The Morgan fingerprint density at radius 2 is 1.72 bits per heavy atom. The van der Waals surface area contributed by atoms with Crippen molar-refractivity contribution < 1.29 is 49.0 Å². The first-order valence-corrected chi connectivity index (χ1v) is 12.0. The van der Waals surface area contributed by atoms with Gasteiger partial charge in [-0.15, -0.1) is 0 Å². The molecule has 3 rings (SSSR count). The summed E-state index contributed by atoms with van der Waals surface area (Å²) in [4.78, 5) is 41.0. The Hall–Kier alpha value is -4.01. The van der Waals surface area contributed by atoms with Gasteiger partial charge in [0.1, 0.15) is 11.5 Å². The molecule has 0 amide bonds. The maximum Gasteiger partial charge on any atom is 0.336 e. The van der Waals surface area contributed by atoms with E-state index in [2.05, 4.69) is 14.9 Å². The molecule has 1 aliphatic heterocycles. The molecule has 2 heterocycles. The molecule has 1 aliphatic rings. The second-order valence-corrected chi connectivity index (χ2v) is 8.91. The number of carboxylic acid groups (broad SMARTS) is 3. The summed E-state index contributed by atoms with van der Waals surface area (Å²) in [5, 5.41) is 33.8. The summed E-state index contributed by atoms with van der Waals surface area (Å²) < 4.78 is 16.7. The third-order valence-electron chi connectivity index (χ3n) is 5.78. The van der Waals surface area contributed by atoms with E-state index >= 15 is 0 Å². The van der Waals surface area contributed by atoms with E-state index in [0.29, 0.717) is 13.1 Å². The monoisotopic (exact) mass is 550 g/mol. The van der Waals surface area contributed by atoms with E-state index in [4.69, 9.17) is 40.4 Å². The molecule has 214 valence electrons. The highest BCUT2D eigenvalue weighted by atomic mass is 16.5. The van der Waals surface area contributed by atoms with E-state index in [-0.39, 0.29) is 12.1 Å². The number of aliphatic hydroxyl groups is 1. The number of carbonyl (C=O) groups is 3. The van der Waals surface area contributed by atoms with Gasteiger partial charge in [0, 0.05) is 49.8 Å². The molecular formula is C25H34N4O10. The summed E-state index contributed by atoms with van der Waals surface area (Å²) in [5.74, 6) is -3.08. The van der Waals surface area contributed by atoms with Crippen molar-refractivity contribution in [1.29, 1.82) is 0 Å². The molecule has 0 bridgehead atoms. The van der Waals surface area contributed by atoms with E-state index in [0.717, 1.165) is 48.6 Å². The largest absolute Gasteiger partial charge is 0.497 e. The predicted molar refractivity (Wildman–Crippen MR) is 136 cm³/mol. The van der Waals surface area contributed by atoms with Crippen LogP contribution in [0.25, 0.3) is 0 Å². The molecule has 14 heteroatoms. The van der Waals surface area contributed by atoms with Crippen LogP contribution in [0.1, 0.15) is 36.8 Å². The van der Waals surface area contributed by atoms with Crippen molar-refractivity contribution in [3.63, 3.8) is 0 Å². The van der Waals surface area contributed by atoms with Gasteiger partial charge in [0.25, 0.3) is 0 Å². The van der Waals surface area contributed by atoms with Crippen molar-refractivity contribution in [2.24, 2.45) is 0 Å². The highest BCUT2D eigenvalue weighted by Gasteiger charge is 2.40. The van der Waals surface area contributed by atoms with Gasteiger partial charge in [0.05, 0.1) is 33.2 Å². The van der Waals surface area contributed by atoms with Crippen molar-refractivity contribution in [1.82, 2.24) is 14.9 Å². The number of methoxy groups -OCH3 is 2. The third-order valence-corrected chi connectivity index (χ3v) is 5.78. The van der Waals surface area contributed by atoms with Crippen molar-refractivity contribution in [2.45, 2.75) is 50.5 Å². The van der Waals surface area contributed by atoms with Gasteiger partial charge in [-0.3, -0.25) is 14.5 Å². The first kappa shape index (κ1) is 31.2. The highest BCUT2D eigenvalue weighted by Crippen LogP contribution is 2.26. The zero-order valence-corrected chi connectivity index (χ0v) is 21.8. The van der Waals surface area contributed by atoms with E-state index in [1.807, 2.05) is 18.2 Å². The van der Waals surface area contributed by atoms with Gasteiger partial charge in [-0.25, -0.2) is 14.8 Å². The molecule has 2 aromatic rings. The molecular weight excluding hydrogens is 516 g/mol. The Kier molecular flexibility index (Phi) is 11.8. The lowest BCUT2D eigenvalue weighted by molar-refractivity contribution is -0.170. The number of ether oxygens (including phenoxy) is 3. The lowest BCUT2D eigenvalue weighted by atomic mass is 9.96. The van der Waals surface area contributed by atoms with Crippen LogP contribution in [0, 0.1) is 0 Å². The minimum atomic E-state index is -2.74. The molecule has 1 aromatic carbocycles. The summed E-state index contributed by atoms with van der Waals surface area (Å²) in [7, 11) is 3.35. The molecule has 0 saturated carbocycles. The van der Waals surface area contributed by atoms with Gasteiger partial charge in [-0.2, -0.15) is 0 Å². The SMILES string of the molecule is COc1ccc(OC)c(CN(Cc2cnc(N)nc2)CC2CCCO2)c1.O=C(O)CC(O)(CC(=O)O)C(=O)O. The Morgan fingerprint density at radius 1 is 1.08 bits per heavy atom. The molecule has 39 heavy (non-hydrogen) atoms. The van der Waals surface area contributed by atoms with E-state index in [1.54, 1.807) is 26.6 Å². The minimum absolute atomic E-state index is 0.251. The number of rotatable bonds is 13.